The van der Waals surface area contributed by atoms with Crippen molar-refractivity contribution in [3.05, 3.63) is 16.8 Å². The Morgan fingerprint density at radius 3 is 2.86 bits per heavy atom. The monoisotopic (exact) mass is 304 g/mol. The Hall–Kier alpha value is -1.20. The number of aliphatic hydroxyl groups is 1. The van der Waals surface area contributed by atoms with E-state index >= 15 is 0 Å². The molecule has 1 N–H and O–H groups in total. The van der Waals surface area contributed by atoms with E-state index in [0.717, 1.165) is 41.8 Å². The lowest BCUT2D eigenvalue weighted by atomic mass is 9.97. The minimum atomic E-state index is 0.205. The summed E-state index contributed by atoms with van der Waals surface area (Å²) in [4.78, 5) is 11.2. The van der Waals surface area contributed by atoms with E-state index < -0.39 is 0 Å². The molecule has 1 fully saturated rings. The predicted octanol–water partition coefficient (Wildman–Crippen LogP) is 3.42. The van der Waals surface area contributed by atoms with Gasteiger partial charge in [0, 0.05) is 10.8 Å². The SMILES string of the molecule is OC[C@H]1CCc2sc3ncnc(OC4CCCCC4)c3c21. The molecule has 2 aromatic rings. The van der Waals surface area contributed by atoms with Crippen molar-refractivity contribution in [3.63, 3.8) is 0 Å². The van der Waals surface area contributed by atoms with Crippen molar-refractivity contribution in [1.29, 1.82) is 0 Å². The van der Waals surface area contributed by atoms with Gasteiger partial charge in [-0.25, -0.2) is 9.97 Å². The third kappa shape index (κ3) is 2.32. The highest BCUT2D eigenvalue weighted by Gasteiger charge is 2.30. The van der Waals surface area contributed by atoms with Crippen LogP contribution in [0.3, 0.4) is 0 Å². The molecule has 2 aliphatic rings. The Kier molecular flexibility index (Phi) is 3.55. The topological polar surface area (TPSA) is 55.2 Å². The summed E-state index contributed by atoms with van der Waals surface area (Å²) < 4.78 is 6.22. The van der Waals surface area contributed by atoms with Crippen LogP contribution in [0.15, 0.2) is 6.33 Å². The molecule has 0 saturated heterocycles. The first-order valence-electron chi connectivity index (χ1n) is 7.90. The zero-order valence-electron chi connectivity index (χ0n) is 12.0. The van der Waals surface area contributed by atoms with Crippen LogP contribution in [0.4, 0.5) is 0 Å². The fourth-order valence-electron chi connectivity index (χ4n) is 3.65. The molecule has 5 heteroatoms. The summed E-state index contributed by atoms with van der Waals surface area (Å²) in [6.07, 6.45) is 10.1. The van der Waals surface area contributed by atoms with Gasteiger partial charge in [0.1, 0.15) is 17.3 Å². The van der Waals surface area contributed by atoms with Crippen molar-refractivity contribution in [2.24, 2.45) is 0 Å². The molecule has 0 aromatic carbocycles. The Morgan fingerprint density at radius 2 is 2.05 bits per heavy atom. The Balaban J connectivity index is 1.74. The van der Waals surface area contributed by atoms with Gasteiger partial charge in [-0.1, -0.05) is 6.42 Å². The van der Waals surface area contributed by atoms with Crippen LogP contribution in [0.2, 0.25) is 0 Å². The summed E-state index contributed by atoms with van der Waals surface area (Å²) in [6.45, 7) is 0.205. The first-order chi connectivity index (χ1) is 10.4. The van der Waals surface area contributed by atoms with Crippen LogP contribution in [-0.2, 0) is 6.42 Å². The predicted molar refractivity (Wildman–Crippen MR) is 83.1 cm³/mol. The van der Waals surface area contributed by atoms with Gasteiger partial charge in [0.25, 0.3) is 0 Å². The Morgan fingerprint density at radius 1 is 1.19 bits per heavy atom. The molecule has 1 atom stereocenters. The number of aromatic nitrogens is 2. The summed E-state index contributed by atoms with van der Waals surface area (Å²) >= 11 is 1.74. The highest BCUT2D eigenvalue weighted by molar-refractivity contribution is 7.19. The molecule has 112 valence electrons. The van der Waals surface area contributed by atoms with Crippen LogP contribution < -0.4 is 4.74 Å². The van der Waals surface area contributed by atoms with Crippen molar-refractivity contribution in [2.45, 2.75) is 57.0 Å². The van der Waals surface area contributed by atoms with Gasteiger partial charge in [-0.3, -0.25) is 0 Å². The van der Waals surface area contributed by atoms with Gasteiger partial charge in [0.15, 0.2) is 0 Å². The molecule has 1 saturated carbocycles. The van der Waals surface area contributed by atoms with Crippen molar-refractivity contribution in [3.8, 4) is 5.88 Å². The van der Waals surface area contributed by atoms with E-state index in [2.05, 4.69) is 9.97 Å². The lowest BCUT2D eigenvalue weighted by Gasteiger charge is -2.23. The second kappa shape index (κ2) is 5.54. The van der Waals surface area contributed by atoms with E-state index in [9.17, 15) is 5.11 Å². The lowest BCUT2D eigenvalue weighted by molar-refractivity contribution is 0.150. The normalized spacial score (nSPS) is 22.6. The molecule has 21 heavy (non-hydrogen) atoms. The summed E-state index contributed by atoms with van der Waals surface area (Å²) in [7, 11) is 0. The average Bonchev–Trinajstić information content (AvgIpc) is 3.07. The van der Waals surface area contributed by atoms with Gasteiger partial charge in [-0.2, -0.15) is 0 Å². The quantitative estimate of drug-likeness (QED) is 0.944. The van der Waals surface area contributed by atoms with Gasteiger partial charge in [0.05, 0.1) is 12.0 Å². The molecule has 0 bridgehead atoms. The number of fused-ring (bicyclic) bond motifs is 3. The molecular formula is C16H20N2O2S. The van der Waals surface area contributed by atoms with Gasteiger partial charge < -0.3 is 9.84 Å². The highest BCUT2D eigenvalue weighted by Crippen LogP contribution is 2.45. The Bertz CT molecular complexity index is 649. The van der Waals surface area contributed by atoms with E-state index in [1.54, 1.807) is 17.7 Å². The molecule has 2 aromatic heterocycles. The number of thiophene rings is 1. The second-order valence-corrected chi connectivity index (χ2v) is 7.18. The summed E-state index contributed by atoms with van der Waals surface area (Å²) in [5.74, 6) is 0.971. The van der Waals surface area contributed by atoms with Crippen molar-refractivity contribution in [2.75, 3.05) is 6.61 Å². The molecule has 2 aliphatic carbocycles. The maximum atomic E-state index is 9.63. The molecule has 4 nitrogen and oxygen atoms in total. The molecule has 4 rings (SSSR count). The number of ether oxygens (including phenoxy) is 1. The van der Waals surface area contributed by atoms with Crippen LogP contribution in [0, 0.1) is 0 Å². The number of nitrogens with zero attached hydrogens (tertiary/aromatic N) is 2. The fourth-order valence-corrected chi connectivity index (χ4v) is 4.88. The van der Waals surface area contributed by atoms with Crippen molar-refractivity contribution in [1.82, 2.24) is 9.97 Å². The highest BCUT2D eigenvalue weighted by atomic mass is 32.1. The zero-order valence-corrected chi connectivity index (χ0v) is 12.9. The third-order valence-electron chi connectivity index (χ3n) is 4.75. The maximum absolute atomic E-state index is 9.63. The zero-order chi connectivity index (χ0) is 14.2. The first kappa shape index (κ1) is 13.5. The third-order valence-corrected chi connectivity index (χ3v) is 5.92. The number of aryl methyl sites for hydroxylation is 1. The largest absolute Gasteiger partial charge is 0.474 e. The molecule has 0 radical (unpaired) electrons. The molecule has 0 aliphatic heterocycles. The van der Waals surface area contributed by atoms with Gasteiger partial charge >= 0.3 is 0 Å². The fraction of sp³-hybridized carbons (Fsp3) is 0.625. The van der Waals surface area contributed by atoms with Gasteiger partial charge in [-0.05, 0) is 44.1 Å². The average molecular weight is 304 g/mol. The number of hydrogen-bond donors (Lipinski definition) is 1. The molecule has 0 spiro atoms. The minimum Gasteiger partial charge on any atom is -0.474 e. The smallest absolute Gasteiger partial charge is 0.225 e. The van der Waals surface area contributed by atoms with Crippen molar-refractivity contribution >= 4 is 21.6 Å². The Labute approximate surface area is 128 Å². The van der Waals surface area contributed by atoms with Crippen LogP contribution >= 0.6 is 11.3 Å². The van der Waals surface area contributed by atoms with E-state index in [1.807, 2.05) is 0 Å². The summed E-state index contributed by atoms with van der Waals surface area (Å²) in [5, 5.41) is 10.7. The molecular weight excluding hydrogens is 284 g/mol. The molecule has 2 heterocycles. The van der Waals surface area contributed by atoms with Crippen LogP contribution in [0.25, 0.3) is 10.2 Å². The van der Waals surface area contributed by atoms with Crippen LogP contribution in [0.5, 0.6) is 5.88 Å². The molecule has 0 unspecified atom stereocenters. The summed E-state index contributed by atoms with van der Waals surface area (Å²) in [6, 6.07) is 0. The van der Waals surface area contributed by atoms with Crippen LogP contribution in [0.1, 0.15) is 54.9 Å². The van der Waals surface area contributed by atoms with Gasteiger partial charge in [0.2, 0.25) is 5.88 Å². The maximum Gasteiger partial charge on any atom is 0.225 e. The van der Waals surface area contributed by atoms with Crippen LogP contribution in [-0.4, -0.2) is 27.8 Å². The second-order valence-electron chi connectivity index (χ2n) is 6.09. The van der Waals surface area contributed by atoms with E-state index in [0.29, 0.717) is 6.10 Å². The standard InChI is InChI=1S/C16H20N2O2S/c19-8-10-6-7-12-13(10)14-15(17-9-18-16(14)21-12)20-11-4-2-1-3-5-11/h9-11,19H,1-8H2/t10-/m1/s1. The molecule has 0 amide bonds. The summed E-state index contributed by atoms with van der Waals surface area (Å²) in [5.41, 5.74) is 1.25. The minimum absolute atomic E-state index is 0.205. The van der Waals surface area contributed by atoms with Crippen molar-refractivity contribution < 1.29 is 9.84 Å². The first-order valence-corrected chi connectivity index (χ1v) is 8.72. The van der Waals surface area contributed by atoms with E-state index in [-0.39, 0.29) is 12.5 Å². The number of rotatable bonds is 3. The van der Waals surface area contributed by atoms with Gasteiger partial charge in [-0.15, -0.1) is 11.3 Å². The van der Waals surface area contributed by atoms with E-state index in [4.69, 9.17) is 4.74 Å². The number of aliphatic hydroxyl groups excluding tert-OH is 1. The van der Waals surface area contributed by atoms with E-state index in [1.165, 1.54) is 29.7 Å². The number of hydrogen-bond acceptors (Lipinski definition) is 5. The lowest BCUT2D eigenvalue weighted by Crippen LogP contribution is -2.20.